The number of nitrogens with two attached hydrogens (primary N) is 1. The second kappa shape index (κ2) is 5.44. The summed E-state index contributed by atoms with van der Waals surface area (Å²) < 4.78 is 1.09. The highest BCUT2D eigenvalue weighted by Gasteiger charge is 2.26. The van der Waals surface area contributed by atoms with Gasteiger partial charge in [-0.3, -0.25) is 4.79 Å². The van der Waals surface area contributed by atoms with E-state index in [0.717, 1.165) is 29.5 Å². The molecule has 0 spiro atoms. The lowest BCUT2D eigenvalue weighted by atomic mass is 10.1. The highest BCUT2D eigenvalue weighted by atomic mass is 32.1. The van der Waals surface area contributed by atoms with E-state index >= 15 is 0 Å². The van der Waals surface area contributed by atoms with Crippen LogP contribution >= 0.6 is 11.3 Å². The van der Waals surface area contributed by atoms with Crippen LogP contribution in [0.25, 0.3) is 10.1 Å². The number of rotatable bonds is 1. The van der Waals surface area contributed by atoms with E-state index < -0.39 is 0 Å². The van der Waals surface area contributed by atoms with Crippen LogP contribution < -0.4 is 5.73 Å². The minimum atomic E-state index is 0.109. The van der Waals surface area contributed by atoms with Gasteiger partial charge in [0.2, 0.25) is 0 Å². The van der Waals surface area contributed by atoms with Crippen molar-refractivity contribution < 1.29 is 4.79 Å². The van der Waals surface area contributed by atoms with Crippen LogP contribution in [0, 0.1) is 0 Å². The number of nitrogen functional groups attached to an aromatic ring is 1. The van der Waals surface area contributed by atoms with E-state index in [2.05, 4.69) is 6.92 Å². The smallest absolute Gasteiger partial charge is 0.266 e. The number of fused-ring (bicyclic) bond motifs is 1. The van der Waals surface area contributed by atoms with Crippen molar-refractivity contribution in [1.29, 1.82) is 0 Å². The number of hydrogen-bond acceptors (Lipinski definition) is 3. The van der Waals surface area contributed by atoms with Crippen LogP contribution in [0.2, 0.25) is 0 Å². The van der Waals surface area contributed by atoms with E-state index in [1.165, 1.54) is 24.2 Å². The summed E-state index contributed by atoms with van der Waals surface area (Å²) in [5.41, 5.74) is 6.84. The number of thiophene rings is 1. The Bertz CT molecular complexity index is 634. The van der Waals surface area contributed by atoms with Gasteiger partial charge < -0.3 is 10.6 Å². The fraction of sp³-hybridized carbons (Fsp3) is 0.438. The lowest BCUT2D eigenvalue weighted by molar-refractivity contribution is 0.0704. The number of nitrogens with zero attached hydrogens (tertiary/aromatic N) is 1. The predicted octanol–water partition coefficient (Wildman–Crippen LogP) is 3.89. The summed E-state index contributed by atoms with van der Waals surface area (Å²) in [7, 11) is 0. The number of carbonyl (C=O) groups excluding carboxylic acids is 1. The van der Waals surface area contributed by atoms with Crippen LogP contribution in [0.4, 0.5) is 5.69 Å². The van der Waals surface area contributed by atoms with E-state index in [9.17, 15) is 4.79 Å². The third kappa shape index (κ3) is 2.29. The SMILES string of the molecule is CC1CCCCCN1C(=O)c1sc2ccccc2c1N. The topological polar surface area (TPSA) is 46.3 Å². The Morgan fingerprint density at radius 1 is 1.30 bits per heavy atom. The number of carbonyl (C=O) groups is 1. The summed E-state index contributed by atoms with van der Waals surface area (Å²) in [6.07, 6.45) is 4.63. The molecule has 1 aliphatic rings. The zero-order chi connectivity index (χ0) is 14.1. The molecule has 0 saturated carbocycles. The molecule has 106 valence electrons. The summed E-state index contributed by atoms with van der Waals surface area (Å²) in [6, 6.07) is 8.28. The fourth-order valence-corrected chi connectivity index (χ4v) is 4.01. The van der Waals surface area contributed by atoms with E-state index in [4.69, 9.17) is 5.73 Å². The molecule has 1 aromatic carbocycles. The Hall–Kier alpha value is -1.55. The van der Waals surface area contributed by atoms with Crippen LogP contribution in [0.1, 0.15) is 42.3 Å². The number of anilines is 1. The number of hydrogen-bond donors (Lipinski definition) is 1. The molecule has 1 amide bonds. The molecule has 3 nitrogen and oxygen atoms in total. The Labute approximate surface area is 123 Å². The van der Waals surface area contributed by atoms with Crippen LogP contribution in [0.15, 0.2) is 24.3 Å². The minimum absolute atomic E-state index is 0.109. The summed E-state index contributed by atoms with van der Waals surface area (Å²) in [4.78, 5) is 15.5. The lowest BCUT2D eigenvalue weighted by Crippen LogP contribution is -2.38. The van der Waals surface area contributed by atoms with Gasteiger partial charge in [-0.25, -0.2) is 0 Å². The van der Waals surface area contributed by atoms with Gasteiger partial charge in [-0.1, -0.05) is 31.0 Å². The van der Waals surface area contributed by atoms with Crippen molar-refractivity contribution in [3.8, 4) is 0 Å². The van der Waals surface area contributed by atoms with Gasteiger partial charge in [-0.2, -0.15) is 0 Å². The highest BCUT2D eigenvalue weighted by molar-refractivity contribution is 7.21. The van der Waals surface area contributed by atoms with Gasteiger partial charge in [0.25, 0.3) is 5.91 Å². The van der Waals surface area contributed by atoms with Crippen LogP contribution in [-0.2, 0) is 0 Å². The summed E-state index contributed by atoms with van der Waals surface area (Å²) in [5.74, 6) is 0.109. The molecule has 0 aliphatic carbocycles. The van der Waals surface area contributed by atoms with Gasteiger partial charge in [0.15, 0.2) is 0 Å². The summed E-state index contributed by atoms with van der Waals surface area (Å²) in [6.45, 7) is 3.00. The molecule has 1 atom stereocenters. The maximum atomic E-state index is 12.8. The van der Waals surface area contributed by atoms with Gasteiger partial charge in [0.1, 0.15) is 4.88 Å². The molecule has 2 heterocycles. The van der Waals surface area contributed by atoms with Crippen LogP contribution in [0.5, 0.6) is 0 Å². The number of likely N-dealkylation sites (tertiary alicyclic amines) is 1. The Morgan fingerprint density at radius 2 is 2.10 bits per heavy atom. The molecule has 0 bridgehead atoms. The molecule has 1 aromatic heterocycles. The van der Waals surface area contributed by atoms with Crippen molar-refractivity contribution in [2.45, 2.75) is 38.6 Å². The summed E-state index contributed by atoms with van der Waals surface area (Å²) >= 11 is 1.52. The van der Waals surface area contributed by atoms with E-state index in [1.54, 1.807) is 0 Å². The van der Waals surface area contributed by atoms with Crippen molar-refractivity contribution in [3.05, 3.63) is 29.1 Å². The van der Waals surface area contributed by atoms with Crippen molar-refractivity contribution in [2.75, 3.05) is 12.3 Å². The fourth-order valence-electron chi connectivity index (χ4n) is 2.93. The van der Waals surface area contributed by atoms with E-state index in [0.29, 0.717) is 16.6 Å². The monoisotopic (exact) mass is 288 g/mol. The van der Waals surface area contributed by atoms with Crippen LogP contribution in [0.3, 0.4) is 0 Å². The quantitative estimate of drug-likeness (QED) is 0.865. The average Bonchev–Trinajstić information content (AvgIpc) is 2.64. The van der Waals surface area contributed by atoms with Gasteiger partial charge >= 0.3 is 0 Å². The zero-order valence-electron chi connectivity index (χ0n) is 11.8. The molecule has 20 heavy (non-hydrogen) atoms. The van der Waals surface area contributed by atoms with Crippen LogP contribution in [-0.4, -0.2) is 23.4 Å². The average molecular weight is 288 g/mol. The second-order valence-electron chi connectivity index (χ2n) is 5.54. The van der Waals surface area contributed by atoms with Gasteiger partial charge in [-0.15, -0.1) is 11.3 Å². The molecule has 1 aliphatic heterocycles. The molecule has 1 unspecified atom stereocenters. The second-order valence-corrected chi connectivity index (χ2v) is 6.59. The predicted molar refractivity (Wildman–Crippen MR) is 85.2 cm³/mol. The highest BCUT2D eigenvalue weighted by Crippen LogP contribution is 2.35. The number of benzene rings is 1. The van der Waals surface area contributed by atoms with Crippen molar-refractivity contribution in [2.24, 2.45) is 0 Å². The molecule has 1 fully saturated rings. The first kappa shape index (κ1) is 13.4. The maximum Gasteiger partial charge on any atom is 0.266 e. The van der Waals surface area contributed by atoms with Crippen molar-refractivity contribution in [3.63, 3.8) is 0 Å². The lowest BCUT2D eigenvalue weighted by Gasteiger charge is -2.26. The number of amides is 1. The van der Waals surface area contributed by atoms with Crippen molar-refractivity contribution >= 4 is 33.0 Å². The molecular weight excluding hydrogens is 268 g/mol. The van der Waals surface area contributed by atoms with Gasteiger partial charge in [0.05, 0.1) is 5.69 Å². The molecular formula is C16H20N2OS. The van der Waals surface area contributed by atoms with Gasteiger partial charge in [-0.05, 0) is 25.8 Å². The molecule has 4 heteroatoms. The normalized spacial score (nSPS) is 20.1. The standard InChI is InChI=1S/C16H20N2OS/c1-11-7-3-2-6-10-18(11)16(19)15-14(17)12-8-4-5-9-13(12)20-15/h4-5,8-9,11H,2-3,6-7,10,17H2,1H3. The van der Waals surface area contributed by atoms with E-state index in [-0.39, 0.29) is 5.91 Å². The zero-order valence-corrected chi connectivity index (χ0v) is 12.6. The molecule has 1 saturated heterocycles. The molecule has 2 aromatic rings. The largest absolute Gasteiger partial charge is 0.397 e. The maximum absolute atomic E-state index is 12.8. The van der Waals surface area contributed by atoms with E-state index in [1.807, 2.05) is 29.2 Å². The Balaban J connectivity index is 1.97. The van der Waals surface area contributed by atoms with Crippen molar-refractivity contribution in [1.82, 2.24) is 4.90 Å². The first-order valence-electron chi connectivity index (χ1n) is 7.26. The molecule has 3 rings (SSSR count). The third-order valence-corrected chi connectivity index (χ3v) is 5.32. The Kier molecular flexibility index (Phi) is 3.66. The Morgan fingerprint density at radius 3 is 2.90 bits per heavy atom. The van der Waals surface area contributed by atoms with Gasteiger partial charge in [0, 0.05) is 22.7 Å². The molecule has 2 N–H and O–H groups in total. The summed E-state index contributed by atoms with van der Waals surface area (Å²) in [5, 5.41) is 1.00. The first-order chi connectivity index (χ1) is 9.68. The minimum Gasteiger partial charge on any atom is -0.397 e. The molecule has 0 radical (unpaired) electrons. The third-order valence-electron chi connectivity index (χ3n) is 4.14. The first-order valence-corrected chi connectivity index (χ1v) is 8.08.